The number of anilines is 1. The highest BCUT2D eigenvalue weighted by Crippen LogP contribution is 2.35. The van der Waals surface area contributed by atoms with Crippen LogP contribution in [-0.2, 0) is 14.3 Å². The van der Waals surface area contributed by atoms with Crippen LogP contribution in [0.3, 0.4) is 0 Å². The second-order valence-electron chi connectivity index (χ2n) is 3.95. The highest BCUT2D eigenvalue weighted by molar-refractivity contribution is 8.00. The molecule has 1 heterocycles. The van der Waals surface area contributed by atoms with Gasteiger partial charge in [0.2, 0.25) is 5.91 Å². The molecule has 0 atom stereocenters. The van der Waals surface area contributed by atoms with E-state index in [1.807, 2.05) is 12.1 Å². The molecule has 98 valence electrons. The van der Waals surface area contributed by atoms with Gasteiger partial charge in [-0.2, -0.15) is 5.26 Å². The van der Waals surface area contributed by atoms with Crippen molar-refractivity contribution in [3.63, 3.8) is 0 Å². The third kappa shape index (κ3) is 2.88. The Kier molecular flexibility index (Phi) is 4.07. The normalized spacial score (nSPS) is 13.7. The van der Waals surface area contributed by atoms with Gasteiger partial charge >= 0.3 is 5.97 Å². The summed E-state index contributed by atoms with van der Waals surface area (Å²) in [5, 5.41) is 8.91. The second kappa shape index (κ2) is 5.76. The number of fused-ring (bicyclic) bond motifs is 1. The molecular weight excluding hydrogens is 264 g/mol. The molecule has 1 aromatic carbocycles. The zero-order chi connectivity index (χ0) is 13.8. The second-order valence-corrected chi connectivity index (χ2v) is 4.97. The largest absolute Gasteiger partial charge is 0.469 e. The number of rotatable bonds is 3. The van der Waals surface area contributed by atoms with Gasteiger partial charge in [0, 0.05) is 11.4 Å². The SMILES string of the molecule is COC(=O)CCN1C(=O)CSc2ccc(C#N)cc21. The summed E-state index contributed by atoms with van der Waals surface area (Å²) in [4.78, 5) is 25.6. The lowest BCUT2D eigenvalue weighted by atomic mass is 10.2. The van der Waals surface area contributed by atoms with Gasteiger partial charge in [0.1, 0.15) is 0 Å². The predicted octanol–water partition coefficient (Wildman–Crippen LogP) is 1.56. The van der Waals surface area contributed by atoms with E-state index in [-0.39, 0.29) is 24.8 Å². The third-order valence-electron chi connectivity index (χ3n) is 2.80. The van der Waals surface area contributed by atoms with Crippen LogP contribution in [0.15, 0.2) is 23.1 Å². The molecule has 5 nitrogen and oxygen atoms in total. The summed E-state index contributed by atoms with van der Waals surface area (Å²) in [6, 6.07) is 7.28. The Balaban J connectivity index is 2.26. The Hall–Kier alpha value is -2.00. The van der Waals surface area contributed by atoms with E-state index >= 15 is 0 Å². The van der Waals surface area contributed by atoms with Crippen LogP contribution in [0.5, 0.6) is 0 Å². The fourth-order valence-electron chi connectivity index (χ4n) is 1.82. The monoisotopic (exact) mass is 276 g/mol. The van der Waals surface area contributed by atoms with Crippen LogP contribution in [0, 0.1) is 11.3 Å². The molecule has 0 saturated carbocycles. The van der Waals surface area contributed by atoms with Gasteiger partial charge in [-0.15, -0.1) is 11.8 Å². The summed E-state index contributed by atoms with van der Waals surface area (Å²) >= 11 is 1.44. The van der Waals surface area contributed by atoms with Crippen molar-refractivity contribution >= 4 is 29.3 Å². The summed E-state index contributed by atoms with van der Waals surface area (Å²) in [6.45, 7) is 0.272. The molecule has 0 unspecified atom stereocenters. The van der Waals surface area contributed by atoms with Crippen LogP contribution in [0.2, 0.25) is 0 Å². The number of hydrogen-bond acceptors (Lipinski definition) is 5. The van der Waals surface area contributed by atoms with Gasteiger partial charge < -0.3 is 9.64 Å². The Morgan fingerprint density at radius 3 is 3.05 bits per heavy atom. The molecule has 1 aliphatic heterocycles. The molecule has 1 aliphatic rings. The Labute approximate surface area is 115 Å². The molecule has 0 aliphatic carbocycles. The average molecular weight is 276 g/mol. The topological polar surface area (TPSA) is 70.4 Å². The molecule has 6 heteroatoms. The predicted molar refractivity (Wildman–Crippen MR) is 70.9 cm³/mol. The number of thioether (sulfide) groups is 1. The maximum absolute atomic E-state index is 11.9. The molecule has 0 fully saturated rings. The number of nitriles is 1. The van der Waals surface area contributed by atoms with Gasteiger partial charge in [-0.1, -0.05) is 0 Å². The number of esters is 1. The van der Waals surface area contributed by atoms with Crippen LogP contribution in [0.4, 0.5) is 5.69 Å². The van der Waals surface area contributed by atoms with E-state index in [2.05, 4.69) is 4.74 Å². The summed E-state index contributed by atoms with van der Waals surface area (Å²) in [5.74, 6) is -0.0689. The number of hydrogen-bond donors (Lipinski definition) is 0. The smallest absolute Gasteiger partial charge is 0.307 e. The lowest BCUT2D eigenvalue weighted by Gasteiger charge is -2.28. The van der Waals surface area contributed by atoms with Gasteiger partial charge in [0.25, 0.3) is 0 Å². The molecular formula is C13H12N2O3S. The molecule has 0 N–H and O–H groups in total. The zero-order valence-electron chi connectivity index (χ0n) is 10.4. The Morgan fingerprint density at radius 2 is 2.37 bits per heavy atom. The summed E-state index contributed by atoms with van der Waals surface area (Å²) in [7, 11) is 1.32. The quantitative estimate of drug-likeness (QED) is 0.783. The molecule has 0 saturated heterocycles. The molecule has 1 aromatic rings. The minimum Gasteiger partial charge on any atom is -0.469 e. The van der Waals surface area contributed by atoms with Crippen molar-refractivity contribution in [3.05, 3.63) is 23.8 Å². The molecule has 19 heavy (non-hydrogen) atoms. The molecule has 0 spiro atoms. The third-order valence-corrected chi connectivity index (χ3v) is 3.85. The fraction of sp³-hybridized carbons (Fsp3) is 0.308. The van der Waals surface area contributed by atoms with Crippen molar-refractivity contribution in [1.29, 1.82) is 5.26 Å². The standard InChI is InChI=1S/C13H12N2O3S/c1-18-13(17)4-5-15-10-6-9(7-14)2-3-11(10)19-8-12(15)16/h2-3,6H,4-5,8H2,1H3. The number of nitrogens with zero attached hydrogens (tertiary/aromatic N) is 2. The first-order chi connectivity index (χ1) is 9.15. The first-order valence-electron chi connectivity index (χ1n) is 5.70. The highest BCUT2D eigenvalue weighted by Gasteiger charge is 2.25. The number of carbonyl (C=O) groups excluding carboxylic acids is 2. The van der Waals surface area contributed by atoms with E-state index in [9.17, 15) is 9.59 Å². The summed E-state index contributed by atoms with van der Waals surface area (Å²) in [5.41, 5.74) is 1.20. The van der Waals surface area contributed by atoms with E-state index in [0.717, 1.165) is 4.90 Å². The minimum absolute atomic E-state index is 0.0588. The van der Waals surface area contributed by atoms with Crippen molar-refractivity contribution in [3.8, 4) is 6.07 Å². The van der Waals surface area contributed by atoms with E-state index in [1.54, 1.807) is 17.0 Å². The number of carbonyl (C=O) groups is 2. The maximum atomic E-state index is 11.9. The van der Waals surface area contributed by atoms with Crippen LogP contribution in [0.1, 0.15) is 12.0 Å². The van der Waals surface area contributed by atoms with E-state index in [0.29, 0.717) is 17.0 Å². The van der Waals surface area contributed by atoms with Crippen LogP contribution in [-0.4, -0.2) is 31.3 Å². The van der Waals surface area contributed by atoms with E-state index in [4.69, 9.17) is 5.26 Å². The molecule has 2 rings (SSSR count). The Bertz CT molecular complexity index is 565. The van der Waals surface area contributed by atoms with Gasteiger partial charge in [0.05, 0.1) is 36.6 Å². The molecule has 1 amide bonds. The zero-order valence-corrected chi connectivity index (χ0v) is 11.2. The molecule has 0 radical (unpaired) electrons. The lowest BCUT2D eigenvalue weighted by Crippen LogP contribution is -2.37. The number of methoxy groups -OCH3 is 1. The first-order valence-corrected chi connectivity index (χ1v) is 6.68. The van der Waals surface area contributed by atoms with Crippen LogP contribution >= 0.6 is 11.8 Å². The molecule has 0 aromatic heterocycles. The number of amides is 1. The van der Waals surface area contributed by atoms with Crippen molar-refractivity contribution in [1.82, 2.24) is 0 Å². The number of benzene rings is 1. The Morgan fingerprint density at radius 1 is 1.58 bits per heavy atom. The van der Waals surface area contributed by atoms with E-state index < -0.39 is 0 Å². The minimum atomic E-state index is -0.357. The van der Waals surface area contributed by atoms with Gasteiger partial charge in [-0.3, -0.25) is 9.59 Å². The number of ether oxygens (including phenoxy) is 1. The summed E-state index contributed by atoms with van der Waals surface area (Å²) in [6.07, 6.45) is 0.142. The first kappa shape index (κ1) is 13.4. The van der Waals surface area contributed by atoms with Crippen LogP contribution in [0.25, 0.3) is 0 Å². The highest BCUT2D eigenvalue weighted by atomic mass is 32.2. The van der Waals surface area contributed by atoms with Crippen molar-refractivity contribution in [2.75, 3.05) is 24.3 Å². The van der Waals surface area contributed by atoms with Gasteiger partial charge in [-0.25, -0.2) is 0 Å². The fourth-order valence-corrected chi connectivity index (χ4v) is 2.74. The van der Waals surface area contributed by atoms with E-state index in [1.165, 1.54) is 18.9 Å². The van der Waals surface area contributed by atoms with Crippen molar-refractivity contribution in [2.45, 2.75) is 11.3 Å². The average Bonchev–Trinajstić information content (AvgIpc) is 2.45. The van der Waals surface area contributed by atoms with Gasteiger partial charge in [-0.05, 0) is 18.2 Å². The van der Waals surface area contributed by atoms with Crippen molar-refractivity contribution in [2.24, 2.45) is 0 Å². The van der Waals surface area contributed by atoms with Crippen molar-refractivity contribution < 1.29 is 14.3 Å². The summed E-state index contributed by atoms with van der Waals surface area (Å²) < 4.78 is 4.57. The maximum Gasteiger partial charge on any atom is 0.307 e. The molecule has 0 bridgehead atoms. The lowest BCUT2D eigenvalue weighted by molar-refractivity contribution is -0.140. The van der Waals surface area contributed by atoms with Crippen LogP contribution < -0.4 is 4.90 Å². The van der Waals surface area contributed by atoms with Gasteiger partial charge in [0.15, 0.2) is 0 Å².